The van der Waals surface area contributed by atoms with Crippen molar-refractivity contribution in [1.29, 1.82) is 0 Å². The number of rotatable bonds is 6. The lowest BCUT2D eigenvalue weighted by molar-refractivity contribution is -0.128. The maximum absolute atomic E-state index is 11.6. The van der Waals surface area contributed by atoms with Crippen LogP contribution in [0.3, 0.4) is 0 Å². The number of amides is 1. The molecule has 0 aliphatic carbocycles. The average molecular weight is 243 g/mol. The molecule has 0 aromatic rings. The molecule has 1 heterocycles. The lowest BCUT2D eigenvalue weighted by Gasteiger charge is -2.28. The van der Waals surface area contributed by atoms with Crippen LogP contribution in [-0.4, -0.2) is 63.8 Å². The van der Waals surface area contributed by atoms with Gasteiger partial charge in [-0.25, -0.2) is 0 Å². The first-order valence-corrected chi connectivity index (χ1v) is 6.29. The number of nitrogens with zero attached hydrogens (tertiary/aromatic N) is 1. The van der Waals surface area contributed by atoms with Gasteiger partial charge in [-0.05, 0) is 13.8 Å². The molecule has 100 valence electrons. The summed E-state index contributed by atoms with van der Waals surface area (Å²) < 4.78 is 5.29. The lowest BCUT2D eigenvalue weighted by Crippen LogP contribution is -2.45. The number of ether oxygens (including phenoxy) is 1. The molecular weight excluding hydrogens is 218 g/mol. The molecule has 0 unspecified atom stereocenters. The molecule has 0 bridgehead atoms. The lowest BCUT2D eigenvalue weighted by atomic mass is 9.92. The van der Waals surface area contributed by atoms with Crippen LogP contribution in [0.2, 0.25) is 0 Å². The molecule has 1 aliphatic rings. The monoisotopic (exact) mass is 243 g/mol. The van der Waals surface area contributed by atoms with E-state index in [1.54, 1.807) is 7.05 Å². The van der Waals surface area contributed by atoms with Gasteiger partial charge in [-0.1, -0.05) is 0 Å². The van der Waals surface area contributed by atoms with Crippen LogP contribution in [0.25, 0.3) is 0 Å². The van der Waals surface area contributed by atoms with Crippen LogP contribution in [0.5, 0.6) is 0 Å². The molecule has 5 nitrogen and oxygen atoms in total. The molecule has 1 aliphatic heterocycles. The van der Waals surface area contributed by atoms with E-state index in [1.165, 1.54) is 0 Å². The molecule has 0 spiro atoms. The number of hydrogen-bond acceptors (Lipinski definition) is 4. The van der Waals surface area contributed by atoms with Crippen LogP contribution in [-0.2, 0) is 9.53 Å². The molecule has 17 heavy (non-hydrogen) atoms. The van der Waals surface area contributed by atoms with Gasteiger partial charge in [0.15, 0.2) is 0 Å². The minimum absolute atomic E-state index is 0.0800. The van der Waals surface area contributed by atoms with Crippen molar-refractivity contribution in [2.45, 2.75) is 13.8 Å². The van der Waals surface area contributed by atoms with Crippen molar-refractivity contribution in [3.05, 3.63) is 0 Å². The van der Waals surface area contributed by atoms with E-state index in [1.807, 2.05) is 13.8 Å². The minimum Gasteiger partial charge on any atom is -0.379 e. The molecule has 0 saturated carbocycles. The Morgan fingerprint density at radius 1 is 1.35 bits per heavy atom. The Balaban J connectivity index is 2.12. The van der Waals surface area contributed by atoms with Crippen molar-refractivity contribution in [3.63, 3.8) is 0 Å². The van der Waals surface area contributed by atoms with Crippen LogP contribution in [0.1, 0.15) is 13.8 Å². The predicted octanol–water partition coefficient (Wildman–Crippen LogP) is -0.320. The van der Waals surface area contributed by atoms with E-state index in [0.29, 0.717) is 6.54 Å². The smallest absolute Gasteiger partial charge is 0.226 e. The highest BCUT2D eigenvalue weighted by atomic mass is 16.5. The maximum Gasteiger partial charge on any atom is 0.226 e. The number of carbonyl (C=O) groups excluding carboxylic acids is 1. The van der Waals surface area contributed by atoms with Crippen molar-refractivity contribution < 1.29 is 9.53 Å². The minimum atomic E-state index is -0.347. The summed E-state index contributed by atoms with van der Waals surface area (Å²) in [6, 6.07) is 0. The molecule has 2 N–H and O–H groups in total. The van der Waals surface area contributed by atoms with Crippen molar-refractivity contribution in [2.75, 3.05) is 53.0 Å². The SMILES string of the molecule is CNC(=O)C(C)(C)CNCCN1CCOCC1. The van der Waals surface area contributed by atoms with Gasteiger partial charge >= 0.3 is 0 Å². The van der Waals surface area contributed by atoms with Crippen molar-refractivity contribution in [2.24, 2.45) is 5.41 Å². The first kappa shape index (κ1) is 14.4. The summed E-state index contributed by atoms with van der Waals surface area (Å²) >= 11 is 0. The Kier molecular flexibility index (Phi) is 5.88. The molecule has 0 atom stereocenters. The van der Waals surface area contributed by atoms with E-state index in [4.69, 9.17) is 4.74 Å². The Morgan fingerprint density at radius 3 is 2.59 bits per heavy atom. The maximum atomic E-state index is 11.6. The topological polar surface area (TPSA) is 53.6 Å². The zero-order valence-corrected chi connectivity index (χ0v) is 11.2. The standard InChI is InChI=1S/C12H25N3O2/c1-12(2,11(16)13-3)10-14-4-5-15-6-8-17-9-7-15/h14H,4-10H2,1-3H3,(H,13,16). The number of nitrogens with one attached hydrogen (secondary N) is 2. The van der Waals surface area contributed by atoms with Crippen molar-refractivity contribution >= 4 is 5.91 Å². The number of hydrogen-bond donors (Lipinski definition) is 2. The fraction of sp³-hybridized carbons (Fsp3) is 0.917. The average Bonchev–Trinajstić information content (AvgIpc) is 2.35. The molecule has 1 saturated heterocycles. The van der Waals surface area contributed by atoms with E-state index < -0.39 is 0 Å². The van der Waals surface area contributed by atoms with Gasteiger partial charge in [0.25, 0.3) is 0 Å². The van der Waals surface area contributed by atoms with Crippen LogP contribution >= 0.6 is 0 Å². The van der Waals surface area contributed by atoms with Gasteiger partial charge in [-0.2, -0.15) is 0 Å². The largest absolute Gasteiger partial charge is 0.379 e. The fourth-order valence-electron chi connectivity index (χ4n) is 1.88. The third-order valence-corrected chi connectivity index (χ3v) is 3.12. The van der Waals surface area contributed by atoms with E-state index in [9.17, 15) is 4.79 Å². The Hall–Kier alpha value is -0.650. The molecule has 0 aromatic carbocycles. The summed E-state index contributed by atoms with van der Waals surface area (Å²) in [4.78, 5) is 13.9. The van der Waals surface area contributed by atoms with Gasteiger partial charge in [0, 0.05) is 39.8 Å². The highest BCUT2D eigenvalue weighted by Gasteiger charge is 2.25. The zero-order chi connectivity index (χ0) is 12.7. The van der Waals surface area contributed by atoms with Gasteiger partial charge in [0.1, 0.15) is 0 Å². The van der Waals surface area contributed by atoms with Gasteiger partial charge in [0.05, 0.1) is 18.6 Å². The number of morpholine rings is 1. The van der Waals surface area contributed by atoms with E-state index in [0.717, 1.165) is 39.4 Å². The van der Waals surface area contributed by atoms with Crippen molar-refractivity contribution in [3.8, 4) is 0 Å². The summed E-state index contributed by atoms with van der Waals surface area (Å²) in [7, 11) is 1.68. The third-order valence-electron chi connectivity index (χ3n) is 3.12. The summed E-state index contributed by atoms with van der Waals surface area (Å²) in [6.07, 6.45) is 0. The second-order valence-electron chi connectivity index (χ2n) is 5.09. The quantitative estimate of drug-likeness (QED) is 0.628. The fourth-order valence-corrected chi connectivity index (χ4v) is 1.88. The third kappa shape index (κ3) is 5.02. The summed E-state index contributed by atoms with van der Waals surface area (Å²) in [5.41, 5.74) is -0.347. The van der Waals surface area contributed by atoms with Crippen LogP contribution in [0, 0.1) is 5.41 Å². The predicted molar refractivity (Wildman–Crippen MR) is 68.0 cm³/mol. The normalized spacial score (nSPS) is 18.1. The Labute approximate surface area is 104 Å². The van der Waals surface area contributed by atoms with Crippen LogP contribution in [0.15, 0.2) is 0 Å². The van der Waals surface area contributed by atoms with Crippen LogP contribution < -0.4 is 10.6 Å². The Bertz CT molecular complexity index is 238. The van der Waals surface area contributed by atoms with Gasteiger partial charge < -0.3 is 15.4 Å². The molecule has 5 heteroatoms. The highest BCUT2D eigenvalue weighted by molar-refractivity contribution is 5.81. The molecule has 0 aromatic heterocycles. The Morgan fingerprint density at radius 2 is 2.00 bits per heavy atom. The molecule has 1 fully saturated rings. The van der Waals surface area contributed by atoms with Crippen LogP contribution in [0.4, 0.5) is 0 Å². The summed E-state index contributed by atoms with van der Waals surface area (Å²) in [5.74, 6) is 0.0800. The van der Waals surface area contributed by atoms with Gasteiger partial charge in [-0.15, -0.1) is 0 Å². The summed E-state index contributed by atoms with van der Waals surface area (Å²) in [5, 5.41) is 6.03. The number of carbonyl (C=O) groups is 1. The highest BCUT2D eigenvalue weighted by Crippen LogP contribution is 2.12. The second kappa shape index (κ2) is 6.93. The van der Waals surface area contributed by atoms with Gasteiger partial charge in [0.2, 0.25) is 5.91 Å². The second-order valence-corrected chi connectivity index (χ2v) is 5.09. The molecule has 1 amide bonds. The molecule has 0 radical (unpaired) electrons. The first-order chi connectivity index (χ1) is 8.06. The van der Waals surface area contributed by atoms with E-state index in [2.05, 4.69) is 15.5 Å². The van der Waals surface area contributed by atoms with Gasteiger partial charge in [-0.3, -0.25) is 9.69 Å². The zero-order valence-electron chi connectivity index (χ0n) is 11.2. The summed E-state index contributed by atoms with van der Waals surface area (Å²) in [6.45, 7) is 10.3. The van der Waals surface area contributed by atoms with E-state index in [-0.39, 0.29) is 11.3 Å². The first-order valence-electron chi connectivity index (χ1n) is 6.29. The van der Waals surface area contributed by atoms with Crippen molar-refractivity contribution in [1.82, 2.24) is 15.5 Å². The molecular formula is C12H25N3O2. The molecule has 1 rings (SSSR count). The van der Waals surface area contributed by atoms with E-state index >= 15 is 0 Å².